The molecule has 0 atom stereocenters. The van der Waals surface area contributed by atoms with Crippen LogP contribution in [0.5, 0.6) is 0 Å². The van der Waals surface area contributed by atoms with Gasteiger partial charge in [0.05, 0.1) is 0 Å². The predicted molar refractivity (Wildman–Crippen MR) is 46.3 cm³/mol. The summed E-state index contributed by atoms with van der Waals surface area (Å²) in [5.74, 6) is -0.330. The van der Waals surface area contributed by atoms with Crippen molar-refractivity contribution in [2.24, 2.45) is 0 Å². The van der Waals surface area contributed by atoms with Crippen molar-refractivity contribution < 1.29 is 4.39 Å². The lowest BCUT2D eigenvalue weighted by Crippen LogP contribution is -1.74. The molecule has 0 fully saturated rings. The summed E-state index contributed by atoms with van der Waals surface area (Å²) >= 11 is 9.44. The number of thiol groups is 1. The highest BCUT2D eigenvalue weighted by atomic mass is 35.5. The molecule has 0 aromatic heterocycles. The lowest BCUT2D eigenvalue weighted by molar-refractivity contribution is 0.624. The smallest absolute Gasteiger partial charge is 0.125 e. The Bertz CT molecular complexity index is 219. The minimum Gasteiger partial charge on any atom is -0.207 e. The maximum atomic E-state index is 12.5. The van der Waals surface area contributed by atoms with E-state index >= 15 is 0 Å². The van der Waals surface area contributed by atoms with Crippen LogP contribution in [0.15, 0.2) is 23.1 Å². The Morgan fingerprint density at radius 2 is 2.10 bits per heavy atom. The summed E-state index contributed by atoms with van der Waals surface area (Å²) in [5.41, 5.74) is 0. The van der Waals surface area contributed by atoms with Crippen molar-refractivity contribution in [3.05, 3.63) is 29.0 Å². The fourth-order valence-electron chi connectivity index (χ4n) is 0.581. The average molecular weight is 195 g/mol. The van der Waals surface area contributed by atoms with Crippen molar-refractivity contribution in [2.45, 2.75) is 4.90 Å². The third kappa shape index (κ3) is 2.08. The van der Waals surface area contributed by atoms with E-state index in [0.29, 0.717) is 9.92 Å². The highest BCUT2D eigenvalue weighted by Crippen LogP contribution is 2.25. The predicted octanol–water partition coefficient (Wildman–Crippen LogP) is 3.42. The summed E-state index contributed by atoms with van der Waals surface area (Å²) in [4.78, 5) is 0.716. The maximum Gasteiger partial charge on any atom is 0.125 e. The first-order valence-corrected chi connectivity index (χ1v) is 4.74. The van der Waals surface area contributed by atoms with Gasteiger partial charge in [0.15, 0.2) is 0 Å². The van der Waals surface area contributed by atoms with Gasteiger partial charge in [0.2, 0.25) is 0 Å². The summed E-state index contributed by atoms with van der Waals surface area (Å²) in [6, 6.07) is 4.29. The van der Waals surface area contributed by atoms with Crippen molar-refractivity contribution in [2.75, 3.05) is 0 Å². The van der Waals surface area contributed by atoms with Crippen molar-refractivity contribution in [3.8, 4) is 0 Å². The molecular formula is C6H4ClFS2. The summed E-state index contributed by atoms with van der Waals surface area (Å²) in [5, 5.41) is 0.400. The molecule has 0 nitrogen and oxygen atoms in total. The molecule has 4 heteroatoms. The van der Waals surface area contributed by atoms with Crippen molar-refractivity contribution in [1.29, 1.82) is 0 Å². The van der Waals surface area contributed by atoms with E-state index in [4.69, 9.17) is 11.6 Å². The molecule has 0 N–H and O–H groups in total. The fourth-order valence-corrected chi connectivity index (χ4v) is 1.53. The first-order valence-electron chi connectivity index (χ1n) is 2.50. The number of hydrogen-bond acceptors (Lipinski definition) is 2. The van der Waals surface area contributed by atoms with Gasteiger partial charge in [-0.3, -0.25) is 0 Å². The van der Waals surface area contributed by atoms with Crippen molar-refractivity contribution in [1.82, 2.24) is 0 Å². The molecule has 0 bridgehead atoms. The molecule has 1 aromatic carbocycles. The molecule has 0 aliphatic heterocycles. The van der Waals surface area contributed by atoms with Gasteiger partial charge in [-0.15, -0.1) is 11.7 Å². The summed E-state index contributed by atoms with van der Waals surface area (Å²) < 4.78 is 12.5. The first-order chi connectivity index (χ1) is 4.72. The van der Waals surface area contributed by atoms with Gasteiger partial charge in [-0.05, 0) is 18.2 Å². The Balaban J connectivity index is 3.06. The molecule has 10 heavy (non-hydrogen) atoms. The zero-order valence-electron chi connectivity index (χ0n) is 4.84. The third-order valence-electron chi connectivity index (χ3n) is 0.941. The van der Waals surface area contributed by atoms with Gasteiger partial charge < -0.3 is 0 Å². The van der Waals surface area contributed by atoms with Crippen molar-refractivity contribution >= 4 is 34.1 Å². The van der Waals surface area contributed by atoms with E-state index in [1.807, 2.05) is 0 Å². The second kappa shape index (κ2) is 3.51. The van der Waals surface area contributed by atoms with Gasteiger partial charge in [0.1, 0.15) is 5.82 Å². The monoisotopic (exact) mass is 194 g/mol. The van der Waals surface area contributed by atoms with Crippen LogP contribution >= 0.6 is 34.1 Å². The molecule has 0 unspecified atom stereocenters. The Morgan fingerprint density at radius 1 is 1.40 bits per heavy atom. The standard InChI is InChI=1S/C6H4ClFS2/c7-4-1-5(8)3-6(2-4)10-9/h1-3,9H. The molecule has 1 aromatic rings. The molecule has 0 saturated heterocycles. The number of hydrogen-bond donors (Lipinski definition) is 1. The quantitative estimate of drug-likeness (QED) is 0.528. The second-order valence-corrected chi connectivity index (χ2v) is 3.33. The Hall–Kier alpha value is 0.140. The Morgan fingerprint density at radius 3 is 2.60 bits per heavy atom. The van der Waals surface area contributed by atoms with E-state index in [0.717, 1.165) is 0 Å². The lowest BCUT2D eigenvalue weighted by Gasteiger charge is -1.95. The van der Waals surface area contributed by atoms with Crippen molar-refractivity contribution in [3.63, 3.8) is 0 Å². The minimum absolute atomic E-state index is 0.330. The fraction of sp³-hybridized carbons (Fsp3) is 0. The van der Waals surface area contributed by atoms with Crippen LogP contribution in [0, 0.1) is 5.82 Å². The van der Waals surface area contributed by atoms with Crippen LogP contribution in [-0.4, -0.2) is 0 Å². The van der Waals surface area contributed by atoms with Crippen LogP contribution in [0.25, 0.3) is 0 Å². The van der Waals surface area contributed by atoms with Gasteiger partial charge in [-0.1, -0.05) is 22.4 Å². The lowest BCUT2D eigenvalue weighted by atomic mass is 10.3. The molecule has 54 valence electrons. The van der Waals surface area contributed by atoms with Crippen LogP contribution in [0.2, 0.25) is 5.02 Å². The summed E-state index contributed by atoms with van der Waals surface area (Å²) in [6.07, 6.45) is 0. The highest BCUT2D eigenvalue weighted by molar-refractivity contribution is 8.68. The number of benzene rings is 1. The first kappa shape index (κ1) is 8.24. The van der Waals surface area contributed by atoms with Gasteiger partial charge in [-0.25, -0.2) is 4.39 Å². The van der Waals surface area contributed by atoms with Crippen LogP contribution in [0.4, 0.5) is 4.39 Å². The molecule has 0 aliphatic carbocycles. The summed E-state index contributed by atoms with van der Waals surface area (Å²) in [7, 11) is 1.17. The number of rotatable bonds is 1. The summed E-state index contributed by atoms with van der Waals surface area (Å²) in [6.45, 7) is 0. The van der Waals surface area contributed by atoms with Crippen LogP contribution in [0.3, 0.4) is 0 Å². The molecule has 0 radical (unpaired) electrons. The number of halogens is 2. The molecule has 0 amide bonds. The Labute approximate surface area is 72.6 Å². The van der Waals surface area contributed by atoms with E-state index < -0.39 is 0 Å². The minimum atomic E-state index is -0.330. The highest BCUT2D eigenvalue weighted by Gasteiger charge is 1.96. The normalized spacial score (nSPS) is 9.90. The van der Waals surface area contributed by atoms with Crippen LogP contribution < -0.4 is 0 Å². The van der Waals surface area contributed by atoms with Crippen LogP contribution in [-0.2, 0) is 0 Å². The van der Waals surface area contributed by atoms with Gasteiger partial charge >= 0.3 is 0 Å². The average Bonchev–Trinajstić information content (AvgIpc) is 1.85. The topological polar surface area (TPSA) is 0 Å². The zero-order valence-corrected chi connectivity index (χ0v) is 7.31. The van der Waals surface area contributed by atoms with Gasteiger partial charge in [0.25, 0.3) is 0 Å². The van der Waals surface area contributed by atoms with E-state index in [1.165, 1.54) is 22.9 Å². The molecule has 1 rings (SSSR count). The largest absolute Gasteiger partial charge is 0.207 e. The molecule has 0 aliphatic rings. The SMILES string of the molecule is Fc1cc(Cl)cc(SS)c1. The van der Waals surface area contributed by atoms with E-state index in [1.54, 1.807) is 6.07 Å². The second-order valence-electron chi connectivity index (χ2n) is 1.70. The molecule has 0 spiro atoms. The van der Waals surface area contributed by atoms with E-state index in [-0.39, 0.29) is 5.82 Å². The van der Waals surface area contributed by atoms with Gasteiger partial charge in [0, 0.05) is 9.92 Å². The third-order valence-corrected chi connectivity index (χ3v) is 2.24. The molecule has 0 heterocycles. The Kier molecular flexibility index (Phi) is 2.89. The zero-order chi connectivity index (χ0) is 7.56. The molecular weight excluding hydrogens is 191 g/mol. The maximum absolute atomic E-state index is 12.5. The van der Waals surface area contributed by atoms with E-state index in [2.05, 4.69) is 11.7 Å². The molecule has 0 saturated carbocycles. The van der Waals surface area contributed by atoms with Gasteiger partial charge in [-0.2, -0.15) is 0 Å². The van der Waals surface area contributed by atoms with Crippen LogP contribution in [0.1, 0.15) is 0 Å². The van der Waals surface area contributed by atoms with E-state index in [9.17, 15) is 4.39 Å².